The van der Waals surface area contributed by atoms with E-state index in [1.165, 1.54) is 5.56 Å². The molecule has 0 aliphatic carbocycles. The minimum Gasteiger partial charge on any atom is -0.497 e. The van der Waals surface area contributed by atoms with Gasteiger partial charge in [0.1, 0.15) is 5.75 Å². The lowest BCUT2D eigenvalue weighted by atomic mass is 10.2. The number of nitrogens with zero attached hydrogens (tertiary/aromatic N) is 1. The molecular weight excluding hydrogens is 429 g/mol. The molecule has 0 unspecified atom stereocenters. The van der Waals surface area contributed by atoms with Crippen LogP contribution in [0.5, 0.6) is 5.75 Å². The third-order valence-corrected chi connectivity index (χ3v) is 3.48. The maximum atomic E-state index is 5.86. The highest BCUT2D eigenvalue weighted by Gasteiger charge is 1.96. The van der Waals surface area contributed by atoms with Gasteiger partial charge in [-0.05, 0) is 43.2 Å². The van der Waals surface area contributed by atoms with Gasteiger partial charge in [0.05, 0.1) is 13.7 Å². The summed E-state index contributed by atoms with van der Waals surface area (Å²) in [6, 6.07) is 15.9. The van der Waals surface area contributed by atoms with Crippen LogP contribution in [-0.4, -0.2) is 26.2 Å². The first kappa shape index (κ1) is 21.2. The number of guanidine groups is 1. The number of aliphatic imine (C=N–C) groups is 1. The van der Waals surface area contributed by atoms with Gasteiger partial charge in [-0.15, -0.1) is 24.0 Å². The summed E-state index contributed by atoms with van der Waals surface area (Å²) < 4.78 is 10.8. The quantitative estimate of drug-likeness (QED) is 0.274. The Bertz CT molecular complexity index is 643. The van der Waals surface area contributed by atoms with Crippen LogP contribution in [0.4, 0.5) is 5.69 Å². The Balaban J connectivity index is 0.00000312. The van der Waals surface area contributed by atoms with E-state index < -0.39 is 0 Å². The standard InChI is InChI=1S/C19H25N3O2.HI/c1-15-4-8-17(9-5-15)22-19(20)21-12-3-13-24-14-16-6-10-18(23-2)11-7-16;/h4-11H,3,12-14H2,1-2H3,(H3,20,21,22);1H. The maximum absolute atomic E-state index is 5.86. The van der Waals surface area contributed by atoms with Crippen LogP contribution in [0.1, 0.15) is 17.5 Å². The molecule has 0 bridgehead atoms. The molecule has 6 heteroatoms. The normalized spacial score (nSPS) is 10.9. The molecule has 0 amide bonds. The molecule has 2 aromatic carbocycles. The summed E-state index contributed by atoms with van der Waals surface area (Å²) in [4.78, 5) is 4.30. The SMILES string of the molecule is COc1ccc(COCCCN=C(N)Nc2ccc(C)cc2)cc1.I. The van der Waals surface area contributed by atoms with Crippen LogP contribution < -0.4 is 15.8 Å². The van der Waals surface area contributed by atoms with Gasteiger partial charge in [0.2, 0.25) is 0 Å². The Morgan fingerprint density at radius 3 is 2.40 bits per heavy atom. The van der Waals surface area contributed by atoms with Crippen molar-refractivity contribution in [3.05, 3.63) is 59.7 Å². The predicted molar refractivity (Wildman–Crippen MR) is 114 cm³/mol. The number of benzene rings is 2. The highest BCUT2D eigenvalue weighted by atomic mass is 127. The van der Waals surface area contributed by atoms with Gasteiger partial charge in [-0.1, -0.05) is 29.8 Å². The number of ether oxygens (including phenoxy) is 2. The summed E-state index contributed by atoms with van der Waals surface area (Å²) in [5, 5.41) is 3.07. The number of nitrogens with two attached hydrogens (primary N) is 1. The smallest absolute Gasteiger partial charge is 0.193 e. The molecule has 136 valence electrons. The Kier molecular flexibility index (Phi) is 9.94. The van der Waals surface area contributed by atoms with Gasteiger partial charge in [0, 0.05) is 18.8 Å². The summed E-state index contributed by atoms with van der Waals surface area (Å²) in [5.74, 6) is 1.28. The van der Waals surface area contributed by atoms with Crippen molar-refractivity contribution in [2.45, 2.75) is 20.0 Å². The van der Waals surface area contributed by atoms with E-state index in [2.05, 4.69) is 10.3 Å². The van der Waals surface area contributed by atoms with E-state index in [0.29, 0.717) is 25.7 Å². The zero-order valence-electron chi connectivity index (χ0n) is 14.7. The summed E-state index contributed by atoms with van der Waals surface area (Å²) in [6.45, 7) is 3.92. The second-order valence-electron chi connectivity index (χ2n) is 5.51. The average Bonchev–Trinajstić information content (AvgIpc) is 2.60. The molecule has 0 heterocycles. The van der Waals surface area contributed by atoms with Gasteiger partial charge in [0.25, 0.3) is 0 Å². The van der Waals surface area contributed by atoms with Crippen molar-refractivity contribution >= 4 is 35.6 Å². The molecule has 0 radical (unpaired) electrons. The van der Waals surface area contributed by atoms with Gasteiger partial charge < -0.3 is 20.5 Å². The van der Waals surface area contributed by atoms with Crippen molar-refractivity contribution in [3.8, 4) is 5.75 Å². The topological polar surface area (TPSA) is 68.9 Å². The molecule has 0 saturated carbocycles. The minimum absolute atomic E-state index is 0. The zero-order chi connectivity index (χ0) is 17.2. The van der Waals surface area contributed by atoms with Crippen LogP contribution >= 0.6 is 24.0 Å². The second-order valence-corrected chi connectivity index (χ2v) is 5.51. The molecule has 2 aromatic rings. The lowest BCUT2D eigenvalue weighted by molar-refractivity contribution is 0.120. The van der Waals surface area contributed by atoms with Crippen LogP contribution in [-0.2, 0) is 11.3 Å². The molecule has 2 rings (SSSR count). The van der Waals surface area contributed by atoms with Gasteiger partial charge in [0.15, 0.2) is 5.96 Å². The van der Waals surface area contributed by atoms with Crippen molar-refractivity contribution in [2.24, 2.45) is 10.7 Å². The largest absolute Gasteiger partial charge is 0.497 e. The number of hydrogen-bond donors (Lipinski definition) is 2. The van der Waals surface area contributed by atoms with E-state index in [0.717, 1.165) is 23.4 Å². The molecule has 0 spiro atoms. The fourth-order valence-corrected chi connectivity index (χ4v) is 2.10. The summed E-state index contributed by atoms with van der Waals surface area (Å²) >= 11 is 0. The van der Waals surface area contributed by atoms with Gasteiger partial charge >= 0.3 is 0 Å². The van der Waals surface area contributed by atoms with Crippen molar-refractivity contribution in [1.82, 2.24) is 0 Å². The number of anilines is 1. The summed E-state index contributed by atoms with van der Waals surface area (Å²) in [7, 11) is 1.66. The van der Waals surface area contributed by atoms with Gasteiger partial charge in [-0.25, -0.2) is 0 Å². The maximum Gasteiger partial charge on any atom is 0.193 e. The van der Waals surface area contributed by atoms with Crippen molar-refractivity contribution in [1.29, 1.82) is 0 Å². The van der Waals surface area contributed by atoms with Crippen molar-refractivity contribution < 1.29 is 9.47 Å². The first-order chi connectivity index (χ1) is 11.7. The van der Waals surface area contributed by atoms with E-state index in [1.54, 1.807) is 7.11 Å². The van der Waals surface area contributed by atoms with E-state index in [9.17, 15) is 0 Å². The summed E-state index contributed by atoms with van der Waals surface area (Å²) in [5.41, 5.74) is 9.14. The monoisotopic (exact) mass is 455 g/mol. The van der Waals surface area contributed by atoms with Crippen LogP contribution in [0.2, 0.25) is 0 Å². The van der Waals surface area contributed by atoms with Crippen LogP contribution in [0, 0.1) is 6.92 Å². The Morgan fingerprint density at radius 2 is 1.76 bits per heavy atom. The number of nitrogens with one attached hydrogen (secondary N) is 1. The van der Waals surface area contributed by atoms with Crippen molar-refractivity contribution in [2.75, 3.05) is 25.6 Å². The fourth-order valence-electron chi connectivity index (χ4n) is 2.10. The number of methoxy groups -OCH3 is 1. The Labute approximate surface area is 166 Å². The zero-order valence-corrected chi connectivity index (χ0v) is 17.0. The van der Waals surface area contributed by atoms with Crippen LogP contribution in [0.15, 0.2) is 53.5 Å². The first-order valence-corrected chi connectivity index (χ1v) is 8.01. The number of rotatable bonds is 8. The van der Waals surface area contributed by atoms with E-state index >= 15 is 0 Å². The molecule has 0 aliphatic heterocycles. The summed E-state index contributed by atoms with van der Waals surface area (Å²) in [6.07, 6.45) is 0.826. The third kappa shape index (κ3) is 8.22. The molecule has 0 aliphatic rings. The van der Waals surface area contributed by atoms with Crippen molar-refractivity contribution in [3.63, 3.8) is 0 Å². The Morgan fingerprint density at radius 1 is 1.08 bits per heavy atom. The van der Waals surface area contributed by atoms with Crippen LogP contribution in [0.25, 0.3) is 0 Å². The Hall–Kier alpha value is -1.80. The van der Waals surface area contributed by atoms with E-state index in [1.807, 2.05) is 55.5 Å². The molecule has 0 fully saturated rings. The van der Waals surface area contributed by atoms with E-state index in [4.69, 9.17) is 15.2 Å². The number of hydrogen-bond acceptors (Lipinski definition) is 3. The second kappa shape index (κ2) is 11.7. The predicted octanol–water partition coefficient (Wildman–Crippen LogP) is 3.96. The number of halogens is 1. The molecular formula is C19H26IN3O2. The van der Waals surface area contributed by atoms with Gasteiger partial charge in [-0.3, -0.25) is 4.99 Å². The lowest BCUT2D eigenvalue weighted by Crippen LogP contribution is -2.22. The molecule has 3 N–H and O–H groups in total. The molecule has 25 heavy (non-hydrogen) atoms. The number of aryl methyl sites for hydroxylation is 1. The minimum atomic E-state index is 0. The first-order valence-electron chi connectivity index (χ1n) is 8.01. The van der Waals surface area contributed by atoms with E-state index in [-0.39, 0.29) is 24.0 Å². The highest BCUT2D eigenvalue weighted by Crippen LogP contribution is 2.12. The molecule has 0 aromatic heterocycles. The fraction of sp³-hybridized carbons (Fsp3) is 0.316. The van der Waals surface area contributed by atoms with Crippen LogP contribution in [0.3, 0.4) is 0 Å². The molecule has 0 atom stereocenters. The molecule has 0 saturated heterocycles. The highest BCUT2D eigenvalue weighted by molar-refractivity contribution is 14.0. The lowest BCUT2D eigenvalue weighted by Gasteiger charge is -2.07. The van der Waals surface area contributed by atoms with Gasteiger partial charge in [-0.2, -0.15) is 0 Å². The third-order valence-electron chi connectivity index (χ3n) is 3.48. The average molecular weight is 455 g/mol. The molecule has 5 nitrogen and oxygen atoms in total.